The lowest BCUT2D eigenvalue weighted by Crippen LogP contribution is -2.08. The molecule has 0 saturated carbocycles. The number of hydrogen-bond donors (Lipinski definition) is 1. The van der Waals surface area contributed by atoms with Gasteiger partial charge in [-0.3, -0.25) is 0 Å². The van der Waals surface area contributed by atoms with E-state index in [0.717, 1.165) is 23.6 Å². The molecule has 0 aliphatic carbocycles. The Kier molecular flexibility index (Phi) is 2.86. The van der Waals surface area contributed by atoms with Crippen LogP contribution in [0.2, 0.25) is 0 Å². The van der Waals surface area contributed by atoms with Crippen LogP contribution in [0.4, 0.5) is 5.95 Å². The lowest BCUT2D eigenvalue weighted by molar-refractivity contribution is 0.706. The van der Waals surface area contributed by atoms with Crippen LogP contribution in [0.15, 0.2) is 24.7 Å². The Balaban J connectivity index is 1.78. The van der Waals surface area contributed by atoms with Gasteiger partial charge in [-0.2, -0.15) is 4.98 Å². The van der Waals surface area contributed by atoms with Gasteiger partial charge < -0.3 is 9.88 Å². The number of aromatic nitrogens is 6. The third-order valence-corrected chi connectivity index (χ3v) is 2.92. The van der Waals surface area contributed by atoms with E-state index in [1.54, 1.807) is 10.8 Å². The van der Waals surface area contributed by atoms with E-state index in [-0.39, 0.29) is 0 Å². The lowest BCUT2D eigenvalue weighted by Gasteiger charge is -2.02. The first-order valence-corrected chi connectivity index (χ1v) is 6.20. The van der Waals surface area contributed by atoms with Crippen molar-refractivity contribution >= 4 is 11.6 Å². The summed E-state index contributed by atoms with van der Waals surface area (Å²) < 4.78 is 3.75. The molecule has 0 atom stereocenters. The van der Waals surface area contributed by atoms with E-state index in [4.69, 9.17) is 0 Å². The van der Waals surface area contributed by atoms with Crippen molar-refractivity contribution in [1.29, 1.82) is 0 Å². The van der Waals surface area contributed by atoms with E-state index in [0.29, 0.717) is 12.5 Å². The molecule has 0 amide bonds. The molecule has 3 heterocycles. The van der Waals surface area contributed by atoms with Crippen LogP contribution in [0, 0.1) is 6.92 Å². The number of anilines is 1. The fourth-order valence-electron chi connectivity index (χ4n) is 1.90. The molecule has 0 aliphatic rings. The second-order valence-corrected chi connectivity index (χ2v) is 4.33. The van der Waals surface area contributed by atoms with Crippen molar-refractivity contribution < 1.29 is 0 Å². The summed E-state index contributed by atoms with van der Waals surface area (Å²) in [5, 5.41) is 15.5. The zero-order valence-electron chi connectivity index (χ0n) is 10.9. The smallest absolute Gasteiger partial charge is 0.243 e. The topological polar surface area (TPSA) is 72.9 Å². The molecule has 19 heavy (non-hydrogen) atoms. The predicted octanol–water partition coefficient (Wildman–Crippen LogP) is 1.26. The second kappa shape index (κ2) is 4.68. The highest BCUT2D eigenvalue weighted by Gasteiger charge is 2.06. The summed E-state index contributed by atoms with van der Waals surface area (Å²) in [6.45, 7) is 5.49. The average molecular weight is 257 g/mol. The van der Waals surface area contributed by atoms with Gasteiger partial charge in [0.2, 0.25) is 5.95 Å². The highest BCUT2D eigenvalue weighted by atomic mass is 15.4. The van der Waals surface area contributed by atoms with Crippen molar-refractivity contribution in [2.75, 3.05) is 5.32 Å². The summed E-state index contributed by atoms with van der Waals surface area (Å²) in [6, 6.07) is 3.96. The van der Waals surface area contributed by atoms with Crippen LogP contribution in [0.5, 0.6) is 0 Å². The minimum absolute atomic E-state index is 0.559. The standard InChI is InChI=1S/C12H15N7/c1-3-18-8-14-16-11(18)6-13-12-15-10-5-4-9(2)7-19(10)17-12/h4-5,7-8H,3,6H2,1-2H3,(H,13,17). The first-order chi connectivity index (χ1) is 9.26. The van der Waals surface area contributed by atoms with Crippen molar-refractivity contribution in [2.24, 2.45) is 0 Å². The Morgan fingerprint density at radius 3 is 3.05 bits per heavy atom. The van der Waals surface area contributed by atoms with Crippen LogP contribution in [0.1, 0.15) is 18.3 Å². The minimum atomic E-state index is 0.559. The number of pyridine rings is 1. The van der Waals surface area contributed by atoms with Crippen LogP contribution in [0.3, 0.4) is 0 Å². The van der Waals surface area contributed by atoms with E-state index < -0.39 is 0 Å². The molecule has 0 fully saturated rings. The maximum absolute atomic E-state index is 4.39. The quantitative estimate of drug-likeness (QED) is 0.761. The van der Waals surface area contributed by atoms with Crippen molar-refractivity contribution in [2.45, 2.75) is 26.9 Å². The van der Waals surface area contributed by atoms with Gasteiger partial charge in [0.25, 0.3) is 0 Å². The minimum Gasteiger partial charge on any atom is -0.346 e. The molecule has 0 unspecified atom stereocenters. The second-order valence-electron chi connectivity index (χ2n) is 4.33. The maximum atomic E-state index is 4.39. The SMILES string of the molecule is CCn1cnnc1CNc1nc2ccc(C)cn2n1. The molecule has 3 aromatic heterocycles. The Labute approximate surface area is 110 Å². The molecule has 3 rings (SSSR count). The maximum Gasteiger partial charge on any atom is 0.243 e. The normalized spacial score (nSPS) is 11.1. The van der Waals surface area contributed by atoms with Crippen LogP contribution < -0.4 is 5.32 Å². The van der Waals surface area contributed by atoms with E-state index >= 15 is 0 Å². The number of aryl methyl sites for hydroxylation is 2. The lowest BCUT2D eigenvalue weighted by atomic mass is 10.3. The molecule has 3 aromatic rings. The molecule has 0 aliphatic heterocycles. The van der Waals surface area contributed by atoms with Gasteiger partial charge in [-0.1, -0.05) is 6.07 Å². The molecule has 0 saturated heterocycles. The number of nitrogens with one attached hydrogen (secondary N) is 1. The summed E-state index contributed by atoms with van der Waals surface area (Å²) in [7, 11) is 0. The van der Waals surface area contributed by atoms with Crippen LogP contribution >= 0.6 is 0 Å². The number of rotatable bonds is 4. The molecule has 0 spiro atoms. The fraction of sp³-hybridized carbons (Fsp3) is 0.333. The van der Waals surface area contributed by atoms with Gasteiger partial charge in [0, 0.05) is 12.7 Å². The number of nitrogens with zero attached hydrogens (tertiary/aromatic N) is 6. The third-order valence-electron chi connectivity index (χ3n) is 2.92. The van der Waals surface area contributed by atoms with Crippen LogP contribution in [-0.4, -0.2) is 29.4 Å². The van der Waals surface area contributed by atoms with E-state index in [1.165, 1.54) is 0 Å². The van der Waals surface area contributed by atoms with Gasteiger partial charge in [0.15, 0.2) is 11.5 Å². The van der Waals surface area contributed by atoms with Gasteiger partial charge >= 0.3 is 0 Å². The highest BCUT2D eigenvalue weighted by molar-refractivity contribution is 5.44. The first kappa shape index (κ1) is 11.6. The van der Waals surface area contributed by atoms with E-state index in [1.807, 2.05) is 29.8 Å². The van der Waals surface area contributed by atoms with Gasteiger partial charge in [-0.25, -0.2) is 4.52 Å². The largest absolute Gasteiger partial charge is 0.346 e. The van der Waals surface area contributed by atoms with Crippen LogP contribution in [-0.2, 0) is 13.1 Å². The summed E-state index contributed by atoms with van der Waals surface area (Å²) in [5.41, 5.74) is 1.97. The van der Waals surface area contributed by atoms with E-state index in [2.05, 4.69) is 32.5 Å². The Morgan fingerprint density at radius 1 is 1.32 bits per heavy atom. The average Bonchev–Trinajstić information content (AvgIpc) is 3.01. The van der Waals surface area contributed by atoms with Crippen molar-refractivity contribution in [3.8, 4) is 0 Å². The molecule has 7 nitrogen and oxygen atoms in total. The summed E-state index contributed by atoms with van der Waals surface area (Å²) >= 11 is 0. The summed E-state index contributed by atoms with van der Waals surface area (Å²) in [6.07, 6.45) is 3.67. The molecule has 0 bridgehead atoms. The molecule has 7 heteroatoms. The molecular weight excluding hydrogens is 242 g/mol. The zero-order chi connectivity index (χ0) is 13.2. The Hall–Kier alpha value is -2.44. The van der Waals surface area contributed by atoms with Crippen molar-refractivity contribution in [3.63, 3.8) is 0 Å². The van der Waals surface area contributed by atoms with Gasteiger partial charge in [0.1, 0.15) is 6.33 Å². The van der Waals surface area contributed by atoms with Gasteiger partial charge in [0.05, 0.1) is 6.54 Å². The zero-order valence-corrected chi connectivity index (χ0v) is 10.9. The fourth-order valence-corrected chi connectivity index (χ4v) is 1.90. The summed E-state index contributed by atoms with van der Waals surface area (Å²) in [4.78, 5) is 4.39. The molecule has 98 valence electrons. The molecule has 0 radical (unpaired) electrons. The highest BCUT2D eigenvalue weighted by Crippen LogP contribution is 2.08. The molecule has 1 N–H and O–H groups in total. The predicted molar refractivity (Wildman–Crippen MR) is 70.7 cm³/mol. The van der Waals surface area contributed by atoms with E-state index in [9.17, 15) is 0 Å². The van der Waals surface area contributed by atoms with Crippen molar-refractivity contribution in [3.05, 3.63) is 36.0 Å². The molecular formula is C12H15N7. The third kappa shape index (κ3) is 2.26. The number of hydrogen-bond acceptors (Lipinski definition) is 5. The monoisotopic (exact) mass is 257 g/mol. The Morgan fingerprint density at radius 2 is 2.21 bits per heavy atom. The van der Waals surface area contributed by atoms with Gasteiger partial charge in [-0.15, -0.1) is 15.3 Å². The number of fused-ring (bicyclic) bond motifs is 1. The molecule has 0 aromatic carbocycles. The first-order valence-electron chi connectivity index (χ1n) is 6.20. The summed E-state index contributed by atoms with van der Waals surface area (Å²) in [5.74, 6) is 1.47. The van der Waals surface area contributed by atoms with Gasteiger partial charge in [-0.05, 0) is 25.5 Å². The van der Waals surface area contributed by atoms with Crippen LogP contribution in [0.25, 0.3) is 5.65 Å². The Bertz CT molecular complexity index is 697. The van der Waals surface area contributed by atoms with Crippen molar-refractivity contribution in [1.82, 2.24) is 29.4 Å².